The van der Waals surface area contributed by atoms with E-state index in [1.165, 1.54) is 0 Å². The van der Waals surface area contributed by atoms with Gasteiger partial charge in [0.25, 0.3) is 0 Å². The van der Waals surface area contributed by atoms with Gasteiger partial charge in [0.05, 0.1) is 6.10 Å². The van der Waals surface area contributed by atoms with Crippen LogP contribution in [-0.4, -0.2) is 32.2 Å². The third-order valence-electron chi connectivity index (χ3n) is 2.92. The number of hydrogen-bond acceptors (Lipinski definition) is 3. The molecule has 0 unspecified atom stereocenters. The van der Waals surface area contributed by atoms with E-state index in [4.69, 9.17) is 9.47 Å². The maximum atomic E-state index is 11.5. The molecule has 0 amide bonds. The average Bonchev–Trinajstić information content (AvgIpc) is 2.15. The Balaban J connectivity index is 1.98. The van der Waals surface area contributed by atoms with Crippen LogP contribution in [0.5, 0.6) is 0 Å². The fraction of sp³-hybridized carbons (Fsp3) is 0.917. The second-order valence-corrected chi connectivity index (χ2v) is 4.25. The minimum absolute atomic E-state index is 0.381. The summed E-state index contributed by atoms with van der Waals surface area (Å²) < 4.78 is 10.4. The zero-order chi connectivity index (χ0) is 11.1. The predicted molar refractivity (Wildman–Crippen MR) is 58.9 cm³/mol. The lowest BCUT2D eigenvalue weighted by molar-refractivity contribution is -0.122. The first kappa shape index (κ1) is 12.7. The molecule has 0 atom stereocenters. The first-order valence-corrected chi connectivity index (χ1v) is 5.88. The summed E-state index contributed by atoms with van der Waals surface area (Å²) in [7, 11) is 1.67. The van der Waals surface area contributed by atoms with Crippen molar-refractivity contribution in [2.24, 2.45) is 5.92 Å². The fourth-order valence-corrected chi connectivity index (χ4v) is 2.05. The molecule has 0 N–H and O–H groups in total. The van der Waals surface area contributed by atoms with Crippen LogP contribution in [0.1, 0.15) is 39.0 Å². The molecule has 0 radical (unpaired) electrons. The monoisotopic (exact) mass is 214 g/mol. The van der Waals surface area contributed by atoms with E-state index < -0.39 is 0 Å². The quantitative estimate of drug-likeness (QED) is 0.581. The molecule has 0 heterocycles. The highest BCUT2D eigenvalue weighted by Gasteiger charge is 2.30. The van der Waals surface area contributed by atoms with E-state index in [2.05, 4.69) is 0 Å². The number of Topliss-reactive ketones (excluding diaryl/α,β-unsaturated/α-hetero) is 1. The maximum absolute atomic E-state index is 11.5. The third kappa shape index (κ3) is 4.76. The Morgan fingerprint density at radius 2 is 2.13 bits per heavy atom. The number of ketones is 1. The number of rotatable bonds is 8. The van der Waals surface area contributed by atoms with E-state index in [0.29, 0.717) is 30.8 Å². The Bertz CT molecular complexity index is 185. The molecule has 1 fully saturated rings. The van der Waals surface area contributed by atoms with Gasteiger partial charge in [-0.3, -0.25) is 4.79 Å². The van der Waals surface area contributed by atoms with Crippen LogP contribution in [0.15, 0.2) is 0 Å². The summed E-state index contributed by atoms with van der Waals surface area (Å²) in [5.41, 5.74) is 0. The molecule has 0 spiro atoms. The fourth-order valence-electron chi connectivity index (χ4n) is 2.05. The molecule has 0 saturated heterocycles. The molecule has 0 aromatic rings. The maximum Gasteiger partial charge on any atom is 0.133 e. The van der Waals surface area contributed by atoms with E-state index in [-0.39, 0.29) is 0 Å². The van der Waals surface area contributed by atoms with E-state index >= 15 is 0 Å². The number of methoxy groups -OCH3 is 1. The van der Waals surface area contributed by atoms with Gasteiger partial charge in [0.15, 0.2) is 0 Å². The standard InChI is InChI=1S/C12H22O3/c1-3-15-12-8-10(9-12)7-11(13)5-4-6-14-2/h10,12H,3-9H2,1-2H3. The minimum Gasteiger partial charge on any atom is -0.385 e. The summed E-state index contributed by atoms with van der Waals surface area (Å²) in [4.78, 5) is 11.5. The summed E-state index contributed by atoms with van der Waals surface area (Å²) in [5.74, 6) is 0.962. The van der Waals surface area contributed by atoms with Gasteiger partial charge >= 0.3 is 0 Å². The van der Waals surface area contributed by atoms with Crippen molar-refractivity contribution in [1.82, 2.24) is 0 Å². The number of hydrogen-bond donors (Lipinski definition) is 0. The first-order valence-electron chi connectivity index (χ1n) is 5.88. The Hall–Kier alpha value is -0.410. The molecule has 1 aliphatic rings. The van der Waals surface area contributed by atoms with Crippen molar-refractivity contribution in [3.8, 4) is 0 Å². The van der Waals surface area contributed by atoms with Crippen LogP contribution in [0.3, 0.4) is 0 Å². The smallest absolute Gasteiger partial charge is 0.133 e. The topological polar surface area (TPSA) is 35.5 Å². The Morgan fingerprint density at radius 1 is 1.40 bits per heavy atom. The minimum atomic E-state index is 0.381. The molecule has 0 aromatic carbocycles. The summed E-state index contributed by atoms with van der Waals surface area (Å²) in [5, 5.41) is 0. The number of ether oxygens (including phenoxy) is 2. The van der Waals surface area contributed by atoms with Crippen LogP contribution >= 0.6 is 0 Å². The van der Waals surface area contributed by atoms with Crippen LogP contribution in [0, 0.1) is 5.92 Å². The highest BCUT2D eigenvalue weighted by molar-refractivity contribution is 5.78. The van der Waals surface area contributed by atoms with Crippen molar-refractivity contribution in [3.63, 3.8) is 0 Å². The lowest BCUT2D eigenvalue weighted by Crippen LogP contribution is -2.32. The molecular formula is C12H22O3. The first-order chi connectivity index (χ1) is 7.26. The van der Waals surface area contributed by atoms with Gasteiger partial charge in [-0.05, 0) is 32.1 Å². The Kier molecular flexibility index (Phi) is 5.88. The van der Waals surface area contributed by atoms with Crippen molar-refractivity contribution in [2.45, 2.75) is 45.1 Å². The van der Waals surface area contributed by atoms with Gasteiger partial charge in [0.1, 0.15) is 5.78 Å². The molecule has 1 rings (SSSR count). The summed E-state index contributed by atoms with van der Waals surface area (Å²) in [6.45, 7) is 3.50. The predicted octanol–water partition coefficient (Wildman–Crippen LogP) is 2.19. The molecule has 3 nitrogen and oxygen atoms in total. The number of carbonyl (C=O) groups is 1. The molecule has 0 aromatic heterocycles. The van der Waals surface area contributed by atoms with Crippen molar-refractivity contribution < 1.29 is 14.3 Å². The molecule has 88 valence electrons. The van der Waals surface area contributed by atoms with Gasteiger partial charge in [-0.15, -0.1) is 0 Å². The van der Waals surface area contributed by atoms with E-state index in [1.54, 1.807) is 7.11 Å². The van der Waals surface area contributed by atoms with Gasteiger partial charge in [-0.25, -0.2) is 0 Å². The average molecular weight is 214 g/mol. The van der Waals surface area contributed by atoms with Gasteiger partial charge in [0.2, 0.25) is 0 Å². The zero-order valence-electron chi connectivity index (χ0n) is 9.83. The second-order valence-electron chi connectivity index (χ2n) is 4.25. The SMILES string of the molecule is CCOC1CC(CC(=O)CCCOC)C1. The van der Waals surface area contributed by atoms with E-state index in [9.17, 15) is 4.79 Å². The van der Waals surface area contributed by atoms with E-state index in [1.807, 2.05) is 6.92 Å². The third-order valence-corrected chi connectivity index (χ3v) is 2.92. The van der Waals surface area contributed by atoms with Crippen LogP contribution in [0.2, 0.25) is 0 Å². The van der Waals surface area contributed by atoms with E-state index in [0.717, 1.165) is 32.3 Å². The molecule has 0 aliphatic heterocycles. The molecule has 0 bridgehead atoms. The summed E-state index contributed by atoms with van der Waals surface area (Å²) in [6.07, 6.45) is 4.84. The Morgan fingerprint density at radius 3 is 2.73 bits per heavy atom. The van der Waals surface area contributed by atoms with Crippen LogP contribution in [0.25, 0.3) is 0 Å². The molecule has 1 aliphatic carbocycles. The molecule has 3 heteroatoms. The van der Waals surface area contributed by atoms with Gasteiger partial charge in [-0.1, -0.05) is 0 Å². The summed E-state index contributed by atoms with van der Waals surface area (Å²) >= 11 is 0. The zero-order valence-corrected chi connectivity index (χ0v) is 9.83. The number of carbonyl (C=O) groups excluding carboxylic acids is 1. The lowest BCUT2D eigenvalue weighted by atomic mass is 9.78. The Labute approximate surface area is 92.1 Å². The second kappa shape index (κ2) is 6.96. The molecule has 1 saturated carbocycles. The van der Waals surface area contributed by atoms with Crippen molar-refractivity contribution in [1.29, 1.82) is 0 Å². The van der Waals surface area contributed by atoms with Gasteiger partial charge < -0.3 is 9.47 Å². The summed E-state index contributed by atoms with van der Waals surface area (Å²) in [6, 6.07) is 0. The normalized spacial score (nSPS) is 24.9. The molecule has 15 heavy (non-hydrogen) atoms. The lowest BCUT2D eigenvalue weighted by Gasteiger charge is -2.34. The van der Waals surface area contributed by atoms with Crippen LogP contribution in [0.4, 0.5) is 0 Å². The van der Waals surface area contributed by atoms with Crippen molar-refractivity contribution in [3.05, 3.63) is 0 Å². The molecular weight excluding hydrogens is 192 g/mol. The highest BCUT2D eigenvalue weighted by Crippen LogP contribution is 2.33. The largest absolute Gasteiger partial charge is 0.385 e. The van der Waals surface area contributed by atoms with Crippen LogP contribution in [-0.2, 0) is 14.3 Å². The van der Waals surface area contributed by atoms with Gasteiger partial charge in [0, 0.05) is 33.2 Å². The van der Waals surface area contributed by atoms with Crippen molar-refractivity contribution >= 4 is 5.78 Å². The van der Waals surface area contributed by atoms with Crippen LogP contribution < -0.4 is 0 Å². The highest BCUT2D eigenvalue weighted by atomic mass is 16.5. The van der Waals surface area contributed by atoms with Crippen molar-refractivity contribution in [2.75, 3.05) is 20.3 Å². The van der Waals surface area contributed by atoms with Gasteiger partial charge in [-0.2, -0.15) is 0 Å².